The molecule has 1 aromatic carbocycles. The van der Waals surface area contributed by atoms with Gasteiger partial charge in [-0.05, 0) is 30.5 Å². The maximum Gasteiger partial charge on any atom is 0.159 e. The van der Waals surface area contributed by atoms with Crippen molar-refractivity contribution in [2.24, 2.45) is 0 Å². The lowest BCUT2D eigenvalue weighted by atomic mass is 10.0. The molecule has 1 aliphatic rings. The van der Waals surface area contributed by atoms with E-state index in [9.17, 15) is 0 Å². The van der Waals surface area contributed by atoms with Gasteiger partial charge in [0.2, 0.25) is 0 Å². The first-order chi connectivity index (χ1) is 9.31. The van der Waals surface area contributed by atoms with Crippen LogP contribution in [0.1, 0.15) is 31.4 Å². The van der Waals surface area contributed by atoms with Gasteiger partial charge in [-0.3, -0.25) is 0 Å². The van der Waals surface area contributed by atoms with Crippen LogP contribution in [0.15, 0.2) is 24.3 Å². The van der Waals surface area contributed by atoms with E-state index in [0.717, 1.165) is 39.0 Å². The standard InChI is InChI=1S/C16H25NO2/c1-3-13-5-7-14(8-6-13)11-15(17-4-2)12-16-18-9-10-19-16/h5-8,15-17H,3-4,9-12H2,1-2H3. The zero-order valence-electron chi connectivity index (χ0n) is 12.0. The minimum absolute atomic E-state index is 0.0287. The summed E-state index contributed by atoms with van der Waals surface area (Å²) in [6.07, 6.45) is 3.02. The van der Waals surface area contributed by atoms with E-state index in [4.69, 9.17) is 9.47 Å². The molecule has 106 valence electrons. The minimum atomic E-state index is -0.0287. The summed E-state index contributed by atoms with van der Waals surface area (Å²) in [5.74, 6) is 0. The Morgan fingerprint density at radius 3 is 2.32 bits per heavy atom. The maximum atomic E-state index is 5.54. The molecule has 1 heterocycles. The number of likely N-dealkylation sites (N-methyl/N-ethyl adjacent to an activating group) is 1. The Bertz CT molecular complexity index is 358. The van der Waals surface area contributed by atoms with Crippen LogP contribution in [0.25, 0.3) is 0 Å². The molecule has 1 fully saturated rings. The van der Waals surface area contributed by atoms with Crippen molar-refractivity contribution < 1.29 is 9.47 Å². The Labute approximate surface area is 116 Å². The fourth-order valence-corrected chi connectivity index (χ4v) is 2.50. The van der Waals surface area contributed by atoms with Crippen molar-refractivity contribution >= 4 is 0 Å². The van der Waals surface area contributed by atoms with Gasteiger partial charge in [-0.15, -0.1) is 0 Å². The summed E-state index contributed by atoms with van der Waals surface area (Å²) in [5, 5.41) is 3.53. The molecule has 0 amide bonds. The molecule has 1 atom stereocenters. The molecule has 1 aliphatic heterocycles. The zero-order chi connectivity index (χ0) is 13.5. The highest BCUT2D eigenvalue weighted by Crippen LogP contribution is 2.15. The van der Waals surface area contributed by atoms with E-state index in [0.29, 0.717) is 6.04 Å². The number of rotatable bonds is 7. The zero-order valence-corrected chi connectivity index (χ0v) is 12.0. The van der Waals surface area contributed by atoms with Gasteiger partial charge in [0, 0.05) is 12.5 Å². The normalized spacial score (nSPS) is 17.8. The van der Waals surface area contributed by atoms with Crippen molar-refractivity contribution in [3.05, 3.63) is 35.4 Å². The highest BCUT2D eigenvalue weighted by atomic mass is 16.7. The number of hydrogen-bond donors (Lipinski definition) is 1. The van der Waals surface area contributed by atoms with E-state index in [2.05, 4.69) is 43.4 Å². The second kappa shape index (κ2) is 7.63. The molecule has 1 unspecified atom stereocenters. The molecular formula is C16H25NO2. The molecule has 0 spiro atoms. The number of nitrogens with one attached hydrogen (secondary N) is 1. The lowest BCUT2D eigenvalue weighted by Gasteiger charge is -2.21. The summed E-state index contributed by atoms with van der Waals surface area (Å²) in [5.41, 5.74) is 2.77. The van der Waals surface area contributed by atoms with Gasteiger partial charge in [-0.25, -0.2) is 0 Å². The van der Waals surface area contributed by atoms with Crippen LogP contribution in [-0.4, -0.2) is 32.1 Å². The number of hydrogen-bond acceptors (Lipinski definition) is 3. The smallest absolute Gasteiger partial charge is 0.159 e. The Balaban J connectivity index is 1.90. The van der Waals surface area contributed by atoms with Crippen LogP contribution in [0.4, 0.5) is 0 Å². The fourth-order valence-electron chi connectivity index (χ4n) is 2.50. The van der Waals surface area contributed by atoms with Crippen molar-refractivity contribution in [3.63, 3.8) is 0 Å². The molecule has 0 saturated carbocycles. The molecular weight excluding hydrogens is 238 g/mol. The van der Waals surface area contributed by atoms with Gasteiger partial charge in [0.25, 0.3) is 0 Å². The summed E-state index contributed by atoms with van der Waals surface area (Å²) >= 11 is 0. The molecule has 0 aromatic heterocycles. The van der Waals surface area contributed by atoms with Crippen LogP contribution < -0.4 is 5.32 Å². The molecule has 3 nitrogen and oxygen atoms in total. The Kier molecular flexibility index (Phi) is 5.83. The summed E-state index contributed by atoms with van der Waals surface area (Å²) in [7, 11) is 0. The summed E-state index contributed by atoms with van der Waals surface area (Å²) in [4.78, 5) is 0. The third kappa shape index (κ3) is 4.60. The first-order valence-electron chi connectivity index (χ1n) is 7.36. The maximum absolute atomic E-state index is 5.54. The van der Waals surface area contributed by atoms with E-state index in [1.807, 2.05) is 0 Å². The number of aryl methyl sites for hydroxylation is 1. The topological polar surface area (TPSA) is 30.5 Å². The quantitative estimate of drug-likeness (QED) is 0.820. The van der Waals surface area contributed by atoms with Crippen molar-refractivity contribution in [3.8, 4) is 0 Å². The van der Waals surface area contributed by atoms with Crippen LogP contribution in [0.2, 0.25) is 0 Å². The summed E-state index contributed by atoms with van der Waals surface area (Å²) < 4.78 is 11.1. The highest BCUT2D eigenvalue weighted by molar-refractivity contribution is 5.23. The molecule has 0 aliphatic carbocycles. The molecule has 0 radical (unpaired) electrons. The van der Waals surface area contributed by atoms with Crippen LogP contribution >= 0.6 is 0 Å². The molecule has 2 rings (SSSR count). The predicted molar refractivity (Wildman–Crippen MR) is 77.3 cm³/mol. The molecule has 3 heteroatoms. The van der Waals surface area contributed by atoms with Crippen LogP contribution in [0.3, 0.4) is 0 Å². The monoisotopic (exact) mass is 263 g/mol. The average molecular weight is 263 g/mol. The minimum Gasteiger partial charge on any atom is -0.350 e. The fraction of sp³-hybridized carbons (Fsp3) is 0.625. The van der Waals surface area contributed by atoms with Gasteiger partial charge in [-0.1, -0.05) is 38.1 Å². The van der Waals surface area contributed by atoms with Gasteiger partial charge in [0.1, 0.15) is 0 Å². The first kappa shape index (κ1) is 14.5. The molecule has 1 saturated heterocycles. The van der Waals surface area contributed by atoms with Crippen LogP contribution in [0, 0.1) is 0 Å². The van der Waals surface area contributed by atoms with Crippen molar-refractivity contribution in [1.82, 2.24) is 5.32 Å². The van der Waals surface area contributed by atoms with Crippen molar-refractivity contribution in [2.45, 2.75) is 45.4 Å². The van der Waals surface area contributed by atoms with Crippen LogP contribution in [-0.2, 0) is 22.3 Å². The number of ether oxygens (including phenoxy) is 2. The number of benzene rings is 1. The molecule has 1 aromatic rings. The molecule has 0 bridgehead atoms. The third-order valence-corrected chi connectivity index (χ3v) is 3.57. The predicted octanol–water partition coefficient (Wildman–Crippen LogP) is 2.53. The molecule has 1 N–H and O–H groups in total. The Morgan fingerprint density at radius 2 is 1.74 bits per heavy atom. The summed E-state index contributed by atoms with van der Waals surface area (Å²) in [6, 6.07) is 9.33. The van der Waals surface area contributed by atoms with Crippen LogP contribution in [0.5, 0.6) is 0 Å². The van der Waals surface area contributed by atoms with E-state index < -0.39 is 0 Å². The van der Waals surface area contributed by atoms with E-state index in [1.54, 1.807) is 0 Å². The largest absolute Gasteiger partial charge is 0.350 e. The SMILES string of the molecule is CCNC(Cc1ccc(CC)cc1)CC1OCCO1. The summed E-state index contributed by atoms with van der Waals surface area (Å²) in [6.45, 7) is 6.77. The second-order valence-electron chi connectivity index (χ2n) is 5.04. The third-order valence-electron chi connectivity index (χ3n) is 3.57. The first-order valence-corrected chi connectivity index (χ1v) is 7.36. The average Bonchev–Trinajstić information content (AvgIpc) is 2.93. The van der Waals surface area contributed by atoms with Gasteiger partial charge in [0.05, 0.1) is 13.2 Å². The van der Waals surface area contributed by atoms with Crippen molar-refractivity contribution in [1.29, 1.82) is 0 Å². The second-order valence-corrected chi connectivity index (χ2v) is 5.04. The van der Waals surface area contributed by atoms with E-state index >= 15 is 0 Å². The van der Waals surface area contributed by atoms with Crippen molar-refractivity contribution in [2.75, 3.05) is 19.8 Å². The Hall–Kier alpha value is -0.900. The van der Waals surface area contributed by atoms with Gasteiger partial charge in [0.15, 0.2) is 6.29 Å². The van der Waals surface area contributed by atoms with Gasteiger partial charge < -0.3 is 14.8 Å². The highest BCUT2D eigenvalue weighted by Gasteiger charge is 2.21. The molecule has 19 heavy (non-hydrogen) atoms. The lowest BCUT2D eigenvalue weighted by molar-refractivity contribution is -0.0525. The van der Waals surface area contributed by atoms with E-state index in [-0.39, 0.29) is 6.29 Å². The lowest BCUT2D eigenvalue weighted by Crippen LogP contribution is -2.34. The Morgan fingerprint density at radius 1 is 1.11 bits per heavy atom. The van der Waals surface area contributed by atoms with E-state index in [1.165, 1.54) is 11.1 Å². The van der Waals surface area contributed by atoms with Gasteiger partial charge in [-0.2, -0.15) is 0 Å². The van der Waals surface area contributed by atoms with Gasteiger partial charge >= 0.3 is 0 Å².